The van der Waals surface area contributed by atoms with Gasteiger partial charge in [-0.3, -0.25) is 4.98 Å². The van der Waals surface area contributed by atoms with Gasteiger partial charge in [-0.2, -0.15) is 0 Å². The molecule has 0 atom stereocenters. The predicted molar refractivity (Wildman–Crippen MR) is 66.5 cm³/mol. The molecule has 1 aliphatic carbocycles. The van der Waals surface area contributed by atoms with Gasteiger partial charge >= 0.3 is 0 Å². The van der Waals surface area contributed by atoms with Crippen molar-refractivity contribution in [1.29, 1.82) is 0 Å². The molecule has 0 aliphatic heterocycles. The van der Waals surface area contributed by atoms with Crippen molar-refractivity contribution in [2.75, 3.05) is 0 Å². The third kappa shape index (κ3) is 2.24. The molecule has 3 nitrogen and oxygen atoms in total. The number of aromatic nitrogens is 1. The highest BCUT2D eigenvalue weighted by Gasteiger charge is 2.21. The van der Waals surface area contributed by atoms with E-state index in [2.05, 4.69) is 17.2 Å². The molecule has 0 amide bonds. The quantitative estimate of drug-likeness (QED) is 0.874. The molecule has 1 aliphatic rings. The molecule has 1 N–H and O–H groups in total. The number of nitrogens with zero attached hydrogens (tertiary/aromatic N) is 1. The van der Waals surface area contributed by atoms with Gasteiger partial charge in [0.05, 0.1) is 12.8 Å². The van der Waals surface area contributed by atoms with Gasteiger partial charge in [0.25, 0.3) is 0 Å². The van der Waals surface area contributed by atoms with Crippen molar-refractivity contribution in [3.8, 4) is 11.1 Å². The first kappa shape index (κ1) is 10.5. The van der Waals surface area contributed by atoms with Crippen LogP contribution in [0.15, 0.2) is 35.2 Å². The number of rotatable bonds is 4. The van der Waals surface area contributed by atoms with Crippen LogP contribution in [0, 0.1) is 6.92 Å². The smallest absolute Gasteiger partial charge is 0.125 e. The summed E-state index contributed by atoms with van der Waals surface area (Å²) in [6.45, 7) is 2.91. The first-order chi connectivity index (χ1) is 8.34. The summed E-state index contributed by atoms with van der Waals surface area (Å²) in [6, 6.07) is 4.75. The Hall–Kier alpha value is -1.61. The summed E-state index contributed by atoms with van der Waals surface area (Å²) in [6.07, 6.45) is 8.07. The zero-order chi connectivity index (χ0) is 11.7. The standard InChI is InChI=1S/C14H16N2O/c1-10-4-6-15-8-13(10)12-5-7-17-14(12)9-16-11-2-3-11/h4-8,11,16H,2-3,9H2,1H3. The van der Waals surface area contributed by atoms with Crippen LogP contribution in [0.2, 0.25) is 0 Å². The molecule has 1 saturated carbocycles. The second kappa shape index (κ2) is 4.34. The Morgan fingerprint density at radius 2 is 2.24 bits per heavy atom. The van der Waals surface area contributed by atoms with E-state index in [9.17, 15) is 0 Å². The van der Waals surface area contributed by atoms with Gasteiger partial charge < -0.3 is 9.73 Å². The van der Waals surface area contributed by atoms with E-state index < -0.39 is 0 Å². The minimum absolute atomic E-state index is 0.697. The van der Waals surface area contributed by atoms with Crippen molar-refractivity contribution in [3.05, 3.63) is 42.1 Å². The Bertz CT molecular complexity index is 514. The first-order valence-electron chi connectivity index (χ1n) is 6.05. The average Bonchev–Trinajstić information content (AvgIpc) is 3.06. The number of nitrogens with one attached hydrogen (secondary N) is 1. The molecule has 3 rings (SSSR count). The highest BCUT2D eigenvalue weighted by atomic mass is 16.3. The van der Waals surface area contributed by atoms with Crippen LogP contribution < -0.4 is 5.32 Å². The van der Waals surface area contributed by atoms with Crippen LogP contribution in [0.5, 0.6) is 0 Å². The Kier molecular flexibility index (Phi) is 2.69. The van der Waals surface area contributed by atoms with Crippen LogP contribution >= 0.6 is 0 Å². The normalized spacial score (nSPS) is 15.1. The fraction of sp³-hybridized carbons (Fsp3) is 0.357. The summed E-state index contributed by atoms with van der Waals surface area (Å²) in [5.41, 5.74) is 3.55. The number of furan rings is 1. The minimum Gasteiger partial charge on any atom is -0.467 e. The molecular formula is C14H16N2O. The molecule has 0 bridgehead atoms. The van der Waals surface area contributed by atoms with E-state index in [1.807, 2.05) is 24.5 Å². The Morgan fingerprint density at radius 1 is 1.35 bits per heavy atom. The molecule has 2 heterocycles. The Labute approximate surface area is 101 Å². The van der Waals surface area contributed by atoms with Gasteiger partial charge in [-0.25, -0.2) is 0 Å². The van der Waals surface area contributed by atoms with E-state index in [1.54, 1.807) is 6.26 Å². The topological polar surface area (TPSA) is 38.1 Å². The van der Waals surface area contributed by atoms with Crippen LogP contribution in [-0.4, -0.2) is 11.0 Å². The largest absolute Gasteiger partial charge is 0.467 e. The van der Waals surface area contributed by atoms with Crippen LogP contribution in [-0.2, 0) is 6.54 Å². The zero-order valence-electron chi connectivity index (χ0n) is 9.94. The third-order valence-corrected chi connectivity index (χ3v) is 3.20. The summed E-state index contributed by atoms with van der Waals surface area (Å²) in [4.78, 5) is 4.19. The molecule has 2 aromatic rings. The van der Waals surface area contributed by atoms with Gasteiger partial charge in [-0.1, -0.05) is 0 Å². The van der Waals surface area contributed by atoms with Gasteiger partial charge in [0, 0.05) is 29.6 Å². The van der Waals surface area contributed by atoms with E-state index in [0.29, 0.717) is 6.04 Å². The van der Waals surface area contributed by atoms with E-state index in [1.165, 1.54) is 18.4 Å². The monoisotopic (exact) mass is 228 g/mol. The van der Waals surface area contributed by atoms with Gasteiger partial charge in [0.2, 0.25) is 0 Å². The molecule has 88 valence electrons. The molecule has 3 heteroatoms. The maximum absolute atomic E-state index is 5.56. The second-order valence-electron chi connectivity index (χ2n) is 4.60. The van der Waals surface area contributed by atoms with E-state index in [4.69, 9.17) is 4.42 Å². The van der Waals surface area contributed by atoms with E-state index in [0.717, 1.165) is 23.4 Å². The van der Waals surface area contributed by atoms with Gasteiger partial charge in [-0.05, 0) is 37.5 Å². The van der Waals surface area contributed by atoms with Crippen molar-refractivity contribution >= 4 is 0 Å². The van der Waals surface area contributed by atoms with Crippen LogP contribution in [0.1, 0.15) is 24.2 Å². The van der Waals surface area contributed by atoms with Gasteiger partial charge in [-0.15, -0.1) is 0 Å². The van der Waals surface area contributed by atoms with Crippen LogP contribution in [0.3, 0.4) is 0 Å². The molecule has 0 radical (unpaired) electrons. The van der Waals surface area contributed by atoms with Crippen molar-refractivity contribution in [3.63, 3.8) is 0 Å². The fourth-order valence-corrected chi connectivity index (χ4v) is 1.99. The lowest BCUT2D eigenvalue weighted by atomic mass is 10.0. The molecular weight excluding hydrogens is 212 g/mol. The highest BCUT2D eigenvalue weighted by Crippen LogP contribution is 2.28. The SMILES string of the molecule is Cc1ccncc1-c1ccoc1CNC1CC1. The summed E-state index contributed by atoms with van der Waals surface area (Å²) in [5.74, 6) is 1.01. The summed E-state index contributed by atoms with van der Waals surface area (Å²) in [7, 11) is 0. The molecule has 1 fully saturated rings. The van der Waals surface area contributed by atoms with Crippen LogP contribution in [0.4, 0.5) is 0 Å². The lowest BCUT2D eigenvalue weighted by Gasteiger charge is -2.06. The molecule has 17 heavy (non-hydrogen) atoms. The Morgan fingerprint density at radius 3 is 3.00 bits per heavy atom. The second-order valence-corrected chi connectivity index (χ2v) is 4.60. The van der Waals surface area contributed by atoms with Crippen molar-refractivity contribution in [1.82, 2.24) is 10.3 Å². The molecule has 0 aromatic carbocycles. The van der Waals surface area contributed by atoms with Gasteiger partial charge in [0.1, 0.15) is 5.76 Å². The predicted octanol–water partition coefficient (Wildman–Crippen LogP) is 2.90. The maximum atomic E-state index is 5.56. The Balaban J connectivity index is 1.86. The maximum Gasteiger partial charge on any atom is 0.125 e. The molecule has 0 unspecified atom stereocenters. The molecule has 0 saturated heterocycles. The number of pyridine rings is 1. The van der Waals surface area contributed by atoms with Crippen molar-refractivity contribution < 1.29 is 4.42 Å². The summed E-state index contributed by atoms with van der Waals surface area (Å²) >= 11 is 0. The van der Waals surface area contributed by atoms with Crippen molar-refractivity contribution in [2.45, 2.75) is 32.4 Å². The zero-order valence-corrected chi connectivity index (χ0v) is 9.94. The fourth-order valence-electron chi connectivity index (χ4n) is 1.99. The lowest BCUT2D eigenvalue weighted by Crippen LogP contribution is -2.15. The number of hydrogen-bond donors (Lipinski definition) is 1. The average molecular weight is 228 g/mol. The minimum atomic E-state index is 0.697. The number of aryl methyl sites for hydroxylation is 1. The van der Waals surface area contributed by atoms with E-state index in [-0.39, 0.29) is 0 Å². The summed E-state index contributed by atoms with van der Waals surface area (Å²) < 4.78 is 5.56. The third-order valence-electron chi connectivity index (χ3n) is 3.20. The number of hydrogen-bond acceptors (Lipinski definition) is 3. The summed E-state index contributed by atoms with van der Waals surface area (Å²) in [5, 5.41) is 3.47. The molecule has 2 aromatic heterocycles. The first-order valence-corrected chi connectivity index (χ1v) is 6.05. The molecule has 0 spiro atoms. The van der Waals surface area contributed by atoms with E-state index >= 15 is 0 Å². The lowest BCUT2D eigenvalue weighted by molar-refractivity contribution is 0.483. The van der Waals surface area contributed by atoms with Gasteiger partial charge in [0.15, 0.2) is 0 Å². The van der Waals surface area contributed by atoms with Crippen LogP contribution in [0.25, 0.3) is 11.1 Å². The highest BCUT2D eigenvalue weighted by molar-refractivity contribution is 5.67. The van der Waals surface area contributed by atoms with Crippen molar-refractivity contribution in [2.24, 2.45) is 0 Å².